The molecule has 1 N–H and O–H groups in total. The van der Waals surface area contributed by atoms with Crippen LogP contribution in [0.5, 0.6) is 5.75 Å². The fourth-order valence-electron chi connectivity index (χ4n) is 2.39. The molecule has 0 fully saturated rings. The minimum atomic E-state index is -0.00169. The van der Waals surface area contributed by atoms with Gasteiger partial charge in [0, 0.05) is 36.0 Å². The molecule has 24 heavy (non-hydrogen) atoms. The SMILES string of the molecule is C=C(OCC)c1ccc(OC(C)CCONC)c2cnc(Cl)cc12. The molecule has 0 aliphatic carbocycles. The normalized spacial score (nSPS) is 12.2. The average molecular weight is 351 g/mol. The van der Waals surface area contributed by atoms with Gasteiger partial charge in [-0.1, -0.05) is 18.2 Å². The molecule has 0 aliphatic rings. The maximum Gasteiger partial charge on any atom is 0.129 e. The molecule has 2 rings (SSSR count). The zero-order chi connectivity index (χ0) is 17.5. The molecule has 0 saturated heterocycles. The van der Waals surface area contributed by atoms with Crippen LogP contribution < -0.4 is 10.2 Å². The fraction of sp³-hybridized carbons (Fsp3) is 0.389. The lowest BCUT2D eigenvalue weighted by atomic mass is 10.0. The van der Waals surface area contributed by atoms with Gasteiger partial charge in [-0.25, -0.2) is 10.5 Å². The van der Waals surface area contributed by atoms with Crippen LogP contribution in [0, 0.1) is 0 Å². The number of hydrogen-bond donors (Lipinski definition) is 1. The van der Waals surface area contributed by atoms with Crippen LogP contribution in [0.4, 0.5) is 0 Å². The van der Waals surface area contributed by atoms with Crippen LogP contribution >= 0.6 is 11.6 Å². The van der Waals surface area contributed by atoms with E-state index < -0.39 is 0 Å². The zero-order valence-electron chi connectivity index (χ0n) is 14.3. The Morgan fingerprint density at radius 1 is 1.38 bits per heavy atom. The lowest BCUT2D eigenvalue weighted by Crippen LogP contribution is -2.18. The van der Waals surface area contributed by atoms with Crippen molar-refractivity contribution < 1.29 is 14.3 Å². The number of nitrogens with zero attached hydrogens (tertiary/aromatic N) is 1. The van der Waals surface area contributed by atoms with Crippen LogP contribution in [0.2, 0.25) is 5.15 Å². The smallest absolute Gasteiger partial charge is 0.129 e. The van der Waals surface area contributed by atoms with Crippen molar-refractivity contribution >= 4 is 28.1 Å². The molecule has 0 bridgehead atoms. The van der Waals surface area contributed by atoms with E-state index in [0.29, 0.717) is 24.1 Å². The highest BCUT2D eigenvalue weighted by atomic mass is 35.5. The van der Waals surface area contributed by atoms with Crippen molar-refractivity contribution in [1.82, 2.24) is 10.5 Å². The number of hydroxylamine groups is 1. The van der Waals surface area contributed by atoms with E-state index in [9.17, 15) is 0 Å². The standard InChI is InChI=1S/C18H23ClN2O3/c1-5-22-13(3)14-6-7-17(24-12(2)8-9-23-20-4)16-11-21-18(19)10-15(14)16/h6-7,10-12,20H,3,5,8-9H2,1-2,4H3. The summed E-state index contributed by atoms with van der Waals surface area (Å²) in [6, 6.07) is 5.65. The van der Waals surface area contributed by atoms with Gasteiger partial charge in [0.2, 0.25) is 0 Å². The number of hydrogen-bond acceptors (Lipinski definition) is 5. The Hall–Kier alpha value is -1.82. The van der Waals surface area contributed by atoms with Gasteiger partial charge in [-0.15, -0.1) is 0 Å². The van der Waals surface area contributed by atoms with Gasteiger partial charge in [-0.2, -0.15) is 0 Å². The number of ether oxygens (including phenoxy) is 2. The lowest BCUT2D eigenvalue weighted by molar-refractivity contribution is 0.0385. The predicted molar refractivity (Wildman–Crippen MR) is 97.1 cm³/mol. The number of benzene rings is 1. The van der Waals surface area contributed by atoms with Crippen molar-refractivity contribution in [3.05, 3.63) is 41.7 Å². The quantitative estimate of drug-likeness (QED) is 0.318. The van der Waals surface area contributed by atoms with Crippen molar-refractivity contribution in [2.24, 2.45) is 0 Å². The Balaban J connectivity index is 2.32. The molecule has 5 nitrogen and oxygen atoms in total. The maximum absolute atomic E-state index is 6.07. The topological polar surface area (TPSA) is 52.6 Å². The monoisotopic (exact) mass is 350 g/mol. The van der Waals surface area contributed by atoms with E-state index in [2.05, 4.69) is 17.0 Å². The Morgan fingerprint density at radius 3 is 2.88 bits per heavy atom. The highest BCUT2D eigenvalue weighted by molar-refractivity contribution is 6.30. The molecule has 6 heteroatoms. The Labute approximate surface area is 147 Å². The number of pyridine rings is 1. The molecule has 0 amide bonds. The van der Waals surface area contributed by atoms with Gasteiger partial charge in [0.15, 0.2) is 0 Å². The van der Waals surface area contributed by atoms with E-state index in [1.807, 2.05) is 26.0 Å². The van der Waals surface area contributed by atoms with E-state index in [0.717, 1.165) is 28.5 Å². The summed E-state index contributed by atoms with van der Waals surface area (Å²) in [5.74, 6) is 1.35. The van der Waals surface area contributed by atoms with Gasteiger partial charge in [-0.3, -0.25) is 0 Å². The minimum absolute atomic E-state index is 0.00169. The van der Waals surface area contributed by atoms with Gasteiger partial charge < -0.3 is 14.3 Å². The largest absolute Gasteiger partial charge is 0.494 e. The number of aromatic nitrogens is 1. The minimum Gasteiger partial charge on any atom is -0.494 e. The summed E-state index contributed by atoms with van der Waals surface area (Å²) in [6.07, 6.45) is 2.47. The van der Waals surface area contributed by atoms with Crippen molar-refractivity contribution in [2.75, 3.05) is 20.3 Å². The second-order valence-electron chi connectivity index (χ2n) is 5.29. The van der Waals surface area contributed by atoms with Crippen LogP contribution in [0.25, 0.3) is 16.5 Å². The average Bonchev–Trinajstić information content (AvgIpc) is 2.55. The second kappa shape index (κ2) is 8.87. The molecule has 0 aliphatic heterocycles. The fourth-order valence-corrected chi connectivity index (χ4v) is 2.55. The van der Waals surface area contributed by atoms with E-state index in [4.69, 9.17) is 25.9 Å². The van der Waals surface area contributed by atoms with Gasteiger partial charge in [0.1, 0.15) is 16.7 Å². The zero-order valence-corrected chi connectivity index (χ0v) is 15.0. The third-order valence-corrected chi connectivity index (χ3v) is 3.75. The summed E-state index contributed by atoms with van der Waals surface area (Å²) in [5.41, 5.74) is 3.53. The number of rotatable bonds is 9. The van der Waals surface area contributed by atoms with Gasteiger partial charge in [0.25, 0.3) is 0 Å². The van der Waals surface area contributed by atoms with E-state index >= 15 is 0 Å². The first-order valence-corrected chi connectivity index (χ1v) is 8.30. The molecule has 2 aromatic rings. The Morgan fingerprint density at radius 2 is 2.17 bits per heavy atom. The molecular weight excluding hydrogens is 328 g/mol. The Bertz CT molecular complexity index is 706. The van der Waals surface area contributed by atoms with Gasteiger partial charge >= 0.3 is 0 Å². The van der Waals surface area contributed by atoms with Gasteiger partial charge in [0.05, 0.1) is 19.3 Å². The molecule has 0 saturated carbocycles. The summed E-state index contributed by atoms with van der Waals surface area (Å²) in [4.78, 5) is 9.31. The third-order valence-electron chi connectivity index (χ3n) is 3.55. The summed E-state index contributed by atoms with van der Waals surface area (Å²) in [6.45, 7) is 9.03. The van der Waals surface area contributed by atoms with Gasteiger partial charge in [-0.05, 0) is 32.0 Å². The van der Waals surface area contributed by atoms with E-state index in [-0.39, 0.29) is 6.10 Å². The first-order chi connectivity index (χ1) is 11.6. The first kappa shape index (κ1) is 18.5. The maximum atomic E-state index is 6.07. The van der Waals surface area contributed by atoms with E-state index in [1.165, 1.54) is 0 Å². The van der Waals surface area contributed by atoms with Crippen LogP contribution in [-0.2, 0) is 9.57 Å². The van der Waals surface area contributed by atoms with Crippen LogP contribution in [0.3, 0.4) is 0 Å². The van der Waals surface area contributed by atoms with Crippen molar-refractivity contribution in [2.45, 2.75) is 26.4 Å². The number of nitrogens with one attached hydrogen (secondary N) is 1. The van der Waals surface area contributed by atoms with Crippen LogP contribution in [0.15, 0.2) is 31.0 Å². The van der Waals surface area contributed by atoms with Crippen molar-refractivity contribution in [1.29, 1.82) is 0 Å². The molecular formula is C18H23ClN2O3. The third kappa shape index (κ3) is 4.60. The van der Waals surface area contributed by atoms with E-state index in [1.54, 1.807) is 19.3 Å². The summed E-state index contributed by atoms with van der Waals surface area (Å²) in [5, 5.41) is 2.20. The predicted octanol–water partition coefficient (Wildman–Crippen LogP) is 4.20. The summed E-state index contributed by atoms with van der Waals surface area (Å²) in [7, 11) is 1.73. The molecule has 1 unspecified atom stereocenters. The second-order valence-corrected chi connectivity index (χ2v) is 5.68. The molecule has 0 spiro atoms. The molecule has 1 heterocycles. The van der Waals surface area contributed by atoms with Crippen molar-refractivity contribution in [3.63, 3.8) is 0 Å². The highest BCUT2D eigenvalue weighted by Gasteiger charge is 2.13. The molecule has 1 aromatic heterocycles. The molecule has 130 valence electrons. The van der Waals surface area contributed by atoms with Crippen LogP contribution in [0.1, 0.15) is 25.8 Å². The molecule has 1 aromatic carbocycles. The molecule has 1 atom stereocenters. The first-order valence-electron chi connectivity index (χ1n) is 7.92. The summed E-state index contributed by atoms with van der Waals surface area (Å²) < 4.78 is 11.6. The lowest BCUT2D eigenvalue weighted by Gasteiger charge is -2.18. The number of fused-ring (bicyclic) bond motifs is 1. The number of halogens is 1. The summed E-state index contributed by atoms with van der Waals surface area (Å²) >= 11 is 6.07. The van der Waals surface area contributed by atoms with Crippen LogP contribution in [-0.4, -0.2) is 31.3 Å². The van der Waals surface area contributed by atoms with Crippen molar-refractivity contribution in [3.8, 4) is 5.75 Å². The molecule has 0 radical (unpaired) electrons. The Kier molecular flexibility index (Phi) is 6.85. The highest BCUT2D eigenvalue weighted by Crippen LogP contribution is 2.33.